The van der Waals surface area contributed by atoms with Crippen molar-refractivity contribution in [1.29, 1.82) is 0 Å². The van der Waals surface area contributed by atoms with Crippen LogP contribution in [0.15, 0.2) is 48.8 Å². The fourth-order valence-corrected chi connectivity index (χ4v) is 2.21. The van der Waals surface area contributed by atoms with E-state index in [9.17, 15) is 4.79 Å². The van der Waals surface area contributed by atoms with Gasteiger partial charge in [0.25, 0.3) is 5.91 Å². The molecule has 0 spiro atoms. The van der Waals surface area contributed by atoms with Crippen LogP contribution >= 0.6 is 0 Å². The molecule has 0 saturated heterocycles. The molecule has 0 aliphatic rings. The molecule has 0 saturated carbocycles. The summed E-state index contributed by atoms with van der Waals surface area (Å²) in [4.78, 5) is 18.6. The van der Waals surface area contributed by atoms with Gasteiger partial charge in [-0.1, -0.05) is 30.3 Å². The zero-order valence-electron chi connectivity index (χ0n) is 12.5. The summed E-state index contributed by atoms with van der Waals surface area (Å²) in [5, 5.41) is 3.21. The summed E-state index contributed by atoms with van der Waals surface area (Å²) < 4.78 is 0. The number of nitrogens with zero attached hydrogens (tertiary/aromatic N) is 2. The van der Waals surface area contributed by atoms with Gasteiger partial charge in [0.2, 0.25) is 0 Å². The number of carbonyl (C=O) groups is 1. The van der Waals surface area contributed by atoms with Crippen LogP contribution in [0, 0.1) is 0 Å². The molecule has 0 unspecified atom stereocenters. The average Bonchev–Trinajstić information content (AvgIpc) is 2.54. The third kappa shape index (κ3) is 3.81. The van der Waals surface area contributed by atoms with Gasteiger partial charge in [-0.15, -0.1) is 0 Å². The SMILES string of the molecule is CCNc1ccncc1C(=O)N(CC)Cc1ccccc1. The van der Waals surface area contributed by atoms with E-state index in [4.69, 9.17) is 0 Å². The molecule has 0 radical (unpaired) electrons. The highest BCUT2D eigenvalue weighted by atomic mass is 16.2. The quantitative estimate of drug-likeness (QED) is 0.885. The number of carbonyl (C=O) groups excluding carboxylic acids is 1. The fraction of sp³-hybridized carbons (Fsp3) is 0.294. The molecule has 1 heterocycles. The van der Waals surface area contributed by atoms with Crippen LogP contribution in [-0.2, 0) is 6.54 Å². The van der Waals surface area contributed by atoms with Crippen molar-refractivity contribution in [3.05, 3.63) is 59.9 Å². The number of nitrogens with one attached hydrogen (secondary N) is 1. The molecule has 21 heavy (non-hydrogen) atoms. The van der Waals surface area contributed by atoms with Crippen molar-refractivity contribution >= 4 is 11.6 Å². The molecule has 1 aromatic heterocycles. The largest absolute Gasteiger partial charge is 0.385 e. The van der Waals surface area contributed by atoms with E-state index in [0.717, 1.165) is 17.8 Å². The molecule has 0 atom stereocenters. The molecular weight excluding hydrogens is 262 g/mol. The Hall–Kier alpha value is -2.36. The molecule has 110 valence electrons. The topological polar surface area (TPSA) is 45.2 Å². The Labute approximate surface area is 125 Å². The van der Waals surface area contributed by atoms with Gasteiger partial charge in [0.05, 0.1) is 11.3 Å². The Morgan fingerprint density at radius 2 is 1.95 bits per heavy atom. The molecule has 0 aliphatic heterocycles. The van der Waals surface area contributed by atoms with Gasteiger partial charge in [-0.3, -0.25) is 9.78 Å². The molecule has 0 fully saturated rings. The summed E-state index contributed by atoms with van der Waals surface area (Å²) in [6, 6.07) is 11.9. The molecule has 0 bridgehead atoms. The second kappa shape index (κ2) is 7.43. The van der Waals surface area contributed by atoms with Crippen molar-refractivity contribution in [3.8, 4) is 0 Å². The Kier molecular flexibility index (Phi) is 5.32. The van der Waals surface area contributed by atoms with Crippen LogP contribution in [0.1, 0.15) is 29.8 Å². The Balaban J connectivity index is 2.20. The van der Waals surface area contributed by atoms with Crippen molar-refractivity contribution in [2.75, 3.05) is 18.4 Å². The lowest BCUT2D eigenvalue weighted by Crippen LogP contribution is -2.31. The van der Waals surface area contributed by atoms with E-state index in [1.807, 2.05) is 55.1 Å². The summed E-state index contributed by atoms with van der Waals surface area (Å²) in [5.74, 6) is 0.00500. The van der Waals surface area contributed by atoms with Gasteiger partial charge in [-0.05, 0) is 25.5 Å². The van der Waals surface area contributed by atoms with Crippen molar-refractivity contribution in [1.82, 2.24) is 9.88 Å². The molecule has 4 nitrogen and oxygen atoms in total. The molecular formula is C17H21N3O. The van der Waals surface area contributed by atoms with Crippen molar-refractivity contribution in [3.63, 3.8) is 0 Å². The van der Waals surface area contributed by atoms with Crippen LogP contribution in [-0.4, -0.2) is 28.9 Å². The van der Waals surface area contributed by atoms with E-state index in [-0.39, 0.29) is 5.91 Å². The maximum atomic E-state index is 12.7. The van der Waals surface area contributed by atoms with Gasteiger partial charge in [-0.2, -0.15) is 0 Å². The lowest BCUT2D eigenvalue weighted by Gasteiger charge is -2.22. The molecule has 1 aromatic carbocycles. The zero-order valence-corrected chi connectivity index (χ0v) is 12.5. The normalized spacial score (nSPS) is 10.2. The van der Waals surface area contributed by atoms with Gasteiger partial charge in [0.1, 0.15) is 0 Å². The number of benzene rings is 1. The number of aromatic nitrogens is 1. The Bertz CT molecular complexity index is 584. The number of anilines is 1. The van der Waals surface area contributed by atoms with Crippen LogP contribution in [0.5, 0.6) is 0 Å². The van der Waals surface area contributed by atoms with Crippen LogP contribution in [0.3, 0.4) is 0 Å². The minimum Gasteiger partial charge on any atom is -0.385 e. The maximum Gasteiger partial charge on any atom is 0.257 e. The van der Waals surface area contributed by atoms with Crippen LogP contribution < -0.4 is 5.32 Å². The lowest BCUT2D eigenvalue weighted by atomic mass is 10.1. The summed E-state index contributed by atoms with van der Waals surface area (Å²) in [6.45, 7) is 6.04. The van der Waals surface area contributed by atoms with Gasteiger partial charge >= 0.3 is 0 Å². The predicted octanol–water partition coefficient (Wildman–Crippen LogP) is 3.18. The number of pyridine rings is 1. The van der Waals surface area contributed by atoms with E-state index < -0.39 is 0 Å². The number of hydrogen-bond donors (Lipinski definition) is 1. The number of hydrogen-bond acceptors (Lipinski definition) is 3. The highest BCUT2D eigenvalue weighted by molar-refractivity contribution is 5.99. The van der Waals surface area contributed by atoms with Crippen molar-refractivity contribution in [2.24, 2.45) is 0 Å². The van der Waals surface area contributed by atoms with E-state index in [1.165, 1.54) is 0 Å². The molecule has 2 rings (SSSR count). The summed E-state index contributed by atoms with van der Waals surface area (Å²) in [5.41, 5.74) is 2.59. The first-order valence-corrected chi connectivity index (χ1v) is 7.27. The smallest absolute Gasteiger partial charge is 0.257 e. The standard InChI is InChI=1S/C17H21N3O/c1-3-19-16-10-11-18-12-15(16)17(21)20(4-2)13-14-8-6-5-7-9-14/h5-12H,3-4,13H2,1-2H3,(H,18,19). The summed E-state index contributed by atoms with van der Waals surface area (Å²) >= 11 is 0. The first-order valence-electron chi connectivity index (χ1n) is 7.27. The van der Waals surface area contributed by atoms with Gasteiger partial charge in [0.15, 0.2) is 0 Å². The van der Waals surface area contributed by atoms with Gasteiger partial charge < -0.3 is 10.2 Å². The minimum atomic E-state index is 0.00500. The Morgan fingerprint density at radius 1 is 1.19 bits per heavy atom. The van der Waals surface area contributed by atoms with Gasteiger partial charge in [0, 0.05) is 32.0 Å². The van der Waals surface area contributed by atoms with E-state index in [0.29, 0.717) is 18.7 Å². The minimum absolute atomic E-state index is 0.00500. The second-order valence-electron chi connectivity index (χ2n) is 4.76. The lowest BCUT2D eigenvalue weighted by molar-refractivity contribution is 0.0753. The first kappa shape index (κ1) is 15.0. The van der Waals surface area contributed by atoms with Crippen LogP contribution in [0.25, 0.3) is 0 Å². The monoisotopic (exact) mass is 283 g/mol. The first-order chi connectivity index (χ1) is 10.3. The van der Waals surface area contributed by atoms with Crippen LogP contribution in [0.4, 0.5) is 5.69 Å². The van der Waals surface area contributed by atoms with Crippen molar-refractivity contribution in [2.45, 2.75) is 20.4 Å². The third-order valence-electron chi connectivity index (χ3n) is 3.30. The average molecular weight is 283 g/mol. The third-order valence-corrected chi connectivity index (χ3v) is 3.30. The second-order valence-corrected chi connectivity index (χ2v) is 4.76. The highest BCUT2D eigenvalue weighted by Crippen LogP contribution is 2.17. The van der Waals surface area contributed by atoms with E-state index in [2.05, 4.69) is 10.3 Å². The predicted molar refractivity (Wildman–Crippen MR) is 85.3 cm³/mol. The van der Waals surface area contributed by atoms with Crippen molar-refractivity contribution < 1.29 is 4.79 Å². The highest BCUT2D eigenvalue weighted by Gasteiger charge is 2.17. The molecule has 1 N–H and O–H groups in total. The molecule has 4 heteroatoms. The summed E-state index contributed by atoms with van der Waals surface area (Å²) in [7, 11) is 0. The molecule has 1 amide bonds. The fourth-order valence-electron chi connectivity index (χ4n) is 2.21. The Morgan fingerprint density at radius 3 is 2.62 bits per heavy atom. The number of amides is 1. The van der Waals surface area contributed by atoms with E-state index in [1.54, 1.807) is 12.4 Å². The number of rotatable bonds is 6. The maximum absolute atomic E-state index is 12.7. The molecule has 2 aromatic rings. The summed E-state index contributed by atoms with van der Waals surface area (Å²) in [6.07, 6.45) is 3.33. The van der Waals surface area contributed by atoms with E-state index >= 15 is 0 Å². The van der Waals surface area contributed by atoms with Crippen LogP contribution in [0.2, 0.25) is 0 Å². The zero-order chi connectivity index (χ0) is 15.1. The van der Waals surface area contributed by atoms with Gasteiger partial charge in [-0.25, -0.2) is 0 Å². The molecule has 0 aliphatic carbocycles.